The number of nitrogens with one attached hydrogen (secondary N) is 4. The van der Waals surface area contributed by atoms with Crippen LogP contribution in [-0.2, 0) is 70.3 Å². The van der Waals surface area contributed by atoms with Crippen molar-refractivity contribution >= 4 is 106 Å². The first-order valence-corrected chi connectivity index (χ1v) is 48.3. The van der Waals surface area contributed by atoms with E-state index in [9.17, 15) is 94.9 Å². The molecule has 7 amide bonds. The number of alkyl halides is 4. The summed E-state index contributed by atoms with van der Waals surface area (Å²) in [7, 11) is 2.99. The number of unbranched alkanes of at least 4 members (excludes halogenated alkanes) is 2. The molecular formula is C110H129Cl2F4N7O19. The summed E-state index contributed by atoms with van der Waals surface area (Å²) in [5.74, 6) is -25.8. The monoisotopic (exact) mass is 2000 g/mol. The zero-order valence-corrected chi connectivity index (χ0v) is 84.5. The number of aliphatic hydroxyl groups is 2. The van der Waals surface area contributed by atoms with Crippen LogP contribution in [0, 0.1) is 63.2 Å². The molecule has 0 radical (unpaired) electrons. The normalized spacial score (nSPS) is 17.7. The van der Waals surface area contributed by atoms with E-state index in [0.29, 0.717) is 69.1 Å². The van der Waals surface area contributed by atoms with E-state index in [1.807, 2.05) is 125 Å². The van der Waals surface area contributed by atoms with Gasteiger partial charge in [-0.2, -0.15) is 17.6 Å². The largest absolute Gasteiger partial charge is 0.477 e. The Balaban J connectivity index is 0.000000317. The number of benzene rings is 8. The molecule has 9 N–H and O–H groups in total. The van der Waals surface area contributed by atoms with Crippen LogP contribution in [0.3, 0.4) is 0 Å². The Bertz CT molecular complexity index is 5590. The highest BCUT2D eigenvalue weighted by Crippen LogP contribution is 2.40. The van der Waals surface area contributed by atoms with Crippen molar-refractivity contribution in [3.8, 4) is 44.5 Å². The number of alkyl carbamates (subject to hydrolysis) is 2. The number of halogens is 6. The molecule has 0 saturated heterocycles. The predicted molar refractivity (Wildman–Crippen MR) is 534 cm³/mol. The van der Waals surface area contributed by atoms with Gasteiger partial charge in [0.2, 0.25) is 23.6 Å². The fourth-order valence-corrected chi connectivity index (χ4v) is 17.8. The summed E-state index contributed by atoms with van der Waals surface area (Å²) in [6.45, 7) is 23.8. The minimum absolute atomic E-state index is 0.0597. The van der Waals surface area contributed by atoms with Gasteiger partial charge < -0.3 is 61.6 Å². The van der Waals surface area contributed by atoms with Crippen molar-refractivity contribution in [3.63, 3.8) is 0 Å². The Morgan fingerprint density at radius 2 is 0.761 bits per heavy atom. The minimum Gasteiger partial charge on any atom is -0.477 e. The number of amides is 7. The van der Waals surface area contributed by atoms with Crippen LogP contribution in [0.25, 0.3) is 44.5 Å². The second-order valence-corrected chi connectivity index (χ2v) is 40.5. The van der Waals surface area contributed by atoms with Gasteiger partial charge >= 0.3 is 30.0 Å². The van der Waals surface area contributed by atoms with E-state index in [1.54, 1.807) is 114 Å². The number of primary amides is 1. The first-order valence-electron chi connectivity index (χ1n) is 47.6. The first-order chi connectivity index (χ1) is 66.5. The summed E-state index contributed by atoms with van der Waals surface area (Å²) in [6.07, 6.45) is -6.92. The van der Waals surface area contributed by atoms with E-state index in [0.717, 1.165) is 73.7 Å². The Morgan fingerprint density at radius 1 is 0.451 bits per heavy atom. The molecule has 0 saturated carbocycles. The van der Waals surface area contributed by atoms with Crippen molar-refractivity contribution < 1.29 is 109 Å². The number of hydrogen-bond donors (Lipinski definition) is 8. The van der Waals surface area contributed by atoms with E-state index in [4.69, 9.17) is 43.5 Å². The van der Waals surface area contributed by atoms with Crippen molar-refractivity contribution in [1.29, 1.82) is 0 Å². The first kappa shape index (κ1) is 113. The van der Waals surface area contributed by atoms with E-state index < -0.39 is 185 Å². The number of aliphatic hydroxyl groups excluding tert-OH is 2. The van der Waals surface area contributed by atoms with Crippen molar-refractivity contribution in [2.75, 3.05) is 27.2 Å². The molecule has 760 valence electrons. The van der Waals surface area contributed by atoms with Crippen molar-refractivity contribution in [2.45, 2.75) is 246 Å². The number of hydrogen-bond acceptors (Lipinski definition) is 18. The SMILES string of the molecule is Cc1ccc2cc1-c1cc(ccc1C)[C@H](N(C)C(=O)[C@H](CCCCNC(=O)OC(C)(C)C)CC(=O)c1ccc(-c3ccc(Cl)cc3)cc1)C(=O)C[C@@H](C)C(=O)N[C@H](C(=O)C[C@@H](C)C(O)C(F)(F)C(=O)O)C2.Cc1ccc2cc1-c1cc(ccc1C)[C@H](N(C)C(=O)[C@H](CCCCNC(=O)OC(C)(C)C)CC(=O)c1ccc(-c3ccc(Cl)cc3)cc1)C(=O)C[C@@H](C)C(=O)N[C@H](C(=O)C[C@@H](C)C(O)C(F)(F)C(N)=O)C2. The van der Waals surface area contributed by atoms with Gasteiger partial charge in [-0.3, -0.25) is 52.7 Å². The fraction of sp³-hybridized carbons (Fsp3) is 0.436. The van der Waals surface area contributed by atoms with Gasteiger partial charge in [-0.15, -0.1) is 0 Å². The average molecular weight is 2000 g/mol. The number of carboxylic acids is 1. The highest BCUT2D eigenvalue weighted by molar-refractivity contribution is 6.31. The van der Waals surface area contributed by atoms with E-state index >= 15 is 0 Å². The molecule has 0 aliphatic carbocycles. The van der Waals surface area contributed by atoms with Gasteiger partial charge in [0.15, 0.2) is 34.7 Å². The van der Waals surface area contributed by atoms with Crippen molar-refractivity contribution in [3.05, 3.63) is 236 Å². The maximum Gasteiger partial charge on any atom is 0.407 e. The van der Waals surface area contributed by atoms with Crippen LogP contribution in [0.1, 0.15) is 224 Å². The topological polar surface area (TPSA) is 399 Å². The van der Waals surface area contributed by atoms with Crippen LogP contribution in [0.4, 0.5) is 27.2 Å². The summed E-state index contributed by atoms with van der Waals surface area (Å²) >= 11 is 12.2. The molecule has 0 fully saturated rings. The number of ether oxygens (including phenoxy) is 2. The molecule has 2 aliphatic heterocycles. The Hall–Kier alpha value is -12.6. The van der Waals surface area contributed by atoms with Gasteiger partial charge in [0.1, 0.15) is 35.5 Å². The van der Waals surface area contributed by atoms with Crippen LogP contribution in [-0.4, -0.2) is 182 Å². The molecule has 2 aliphatic rings. The number of aliphatic carboxylic acids is 1. The second kappa shape index (κ2) is 49.4. The molecule has 8 aromatic rings. The van der Waals surface area contributed by atoms with Crippen molar-refractivity contribution in [2.24, 2.45) is 41.2 Å². The van der Waals surface area contributed by atoms with Gasteiger partial charge in [-0.1, -0.05) is 197 Å². The second-order valence-electron chi connectivity index (χ2n) is 39.6. The highest BCUT2D eigenvalue weighted by Gasteiger charge is 2.51. The third kappa shape index (κ3) is 30.7. The number of aryl methyl sites for hydroxylation is 4. The number of carbonyl (C=O) groups is 14. The zero-order chi connectivity index (χ0) is 105. The molecule has 0 spiro atoms. The van der Waals surface area contributed by atoms with Crippen LogP contribution in [0.2, 0.25) is 10.0 Å². The number of rotatable bonds is 34. The molecule has 8 aromatic carbocycles. The maximum absolute atomic E-state index is 15.0. The molecule has 142 heavy (non-hydrogen) atoms. The quantitative estimate of drug-likeness (QED) is 0.0105. The van der Waals surface area contributed by atoms with Crippen LogP contribution in [0.15, 0.2) is 170 Å². The van der Waals surface area contributed by atoms with Crippen molar-refractivity contribution in [1.82, 2.24) is 31.1 Å². The Kier molecular flexibility index (Phi) is 39.3. The molecule has 26 nitrogen and oxygen atoms in total. The smallest absolute Gasteiger partial charge is 0.407 e. The highest BCUT2D eigenvalue weighted by atomic mass is 35.5. The lowest BCUT2D eigenvalue weighted by Gasteiger charge is -2.32. The third-order valence-electron chi connectivity index (χ3n) is 25.7. The maximum atomic E-state index is 15.0. The zero-order valence-electron chi connectivity index (χ0n) is 83.0. The Morgan fingerprint density at radius 3 is 1.08 bits per heavy atom. The van der Waals surface area contributed by atoms with Crippen LogP contribution >= 0.6 is 23.2 Å². The van der Waals surface area contributed by atoms with Gasteiger partial charge in [0.05, 0.1) is 12.1 Å². The fourth-order valence-electron chi connectivity index (χ4n) is 17.5. The summed E-state index contributed by atoms with van der Waals surface area (Å²) < 4.78 is 68.2. The van der Waals surface area contributed by atoms with E-state index in [2.05, 4.69) is 21.3 Å². The molecule has 12 atom stereocenters. The number of fused-ring (bicyclic) bond motifs is 10. The predicted octanol–water partition coefficient (Wildman–Crippen LogP) is 18.8. The lowest BCUT2D eigenvalue weighted by molar-refractivity contribution is -0.187. The number of nitrogens with zero attached hydrogens (tertiary/aromatic N) is 2. The molecule has 10 rings (SSSR count). The number of nitrogens with two attached hydrogens (primary N) is 1. The average Bonchev–Trinajstić information content (AvgIpc) is 0.803. The van der Waals surface area contributed by atoms with Gasteiger partial charge in [0, 0.05) is 111 Å². The van der Waals surface area contributed by atoms with Crippen LogP contribution in [0.5, 0.6) is 0 Å². The third-order valence-corrected chi connectivity index (χ3v) is 26.2. The van der Waals surface area contributed by atoms with Gasteiger partial charge in [-0.25, -0.2) is 14.4 Å². The summed E-state index contributed by atoms with van der Waals surface area (Å²) in [4.78, 5) is 193. The molecular weight excluding hydrogens is 1870 g/mol. The standard InChI is InChI=1S/C55H65ClF2N4O9.C55H64ClF2N3O10/c1-31-12-14-35-27-42(31)43-29-39(15-13-32(43)2)48(47(65)26-34(4)50(67)61-44(28-35)46(64)25-33(3)49(66)55(57,58)52(59)69)62(8)51(68)40(11-9-10-24-60-53(70)71-54(5,6)7)30-45(63)38-18-16-36(17-19-38)37-20-22-41(56)23-21-37;1-31-12-14-35-27-42(31)43-29-39(15-13-32(43)2)48(47(64)26-34(4)50(66)60-44(28-35)46(63)25-33(3)49(65)55(57,58)52(68)69)61(8)51(67)40(11-9-10-24-59-53(70)71-54(5,6)7)30-45(62)38-18-16-36(17-19-38)37-20-22-41(56)23-21-37/h12-23,27,29,33-34,40,44,48-49,66H,9-11,24-26,28,30H2,1-8H3,(H2,59,69)(H,60,70)(H,61,67);12-23,27,29,33-34,40,44,48-49,65H,9-11,24-26,28,30H2,1-8H3,(H,59,70)(H,60,66)(H,68,69)/t2*33-,34-,40-,44+,48+,49?/m11/s1. The van der Waals surface area contributed by atoms with Gasteiger partial charge in [-0.05, 0) is 245 Å². The van der Waals surface area contributed by atoms with E-state index in [-0.39, 0.29) is 69.6 Å². The lowest BCUT2D eigenvalue weighted by atomic mass is 9.85. The molecule has 0 aromatic heterocycles. The number of Topliss-reactive ketones (excluding diaryl/α,β-unsaturated/α-hetero) is 6. The van der Waals surface area contributed by atoms with Crippen LogP contribution < -0.4 is 27.0 Å². The van der Waals surface area contributed by atoms with E-state index in [1.165, 1.54) is 44.7 Å². The number of carboxylic acid groups (broad SMARTS) is 1. The summed E-state index contributed by atoms with van der Waals surface area (Å²) in [5.41, 5.74) is 16.1. The Labute approximate surface area is 836 Å². The molecule has 32 heteroatoms. The summed E-state index contributed by atoms with van der Waals surface area (Å²) in [5, 5.41) is 41.6. The number of likely N-dealkylation sites (N-methyl/N-ethyl adjacent to an activating group) is 2. The summed E-state index contributed by atoms with van der Waals surface area (Å²) in [6, 6.07) is 45.2. The molecule has 2 heterocycles. The minimum atomic E-state index is -4.54. The molecule has 2 unspecified atom stereocenters. The number of ketones is 6. The van der Waals surface area contributed by atoms with Gasteiger partial charge in [0.25, 0.3) is 5.91 Å². The lowest BCUT2D eigenvalue weighted by Crippen LogP contribution is -2.50. The molecule has 8 bridgehead atoms. The number of carbonyl (C=O) groups excluding carboxylic acids is 13.